The number of anilines is 2. The molecule has 2 aromatic carbocycles. The predicted molar refractivity (Wildman–Crippen MR) is 143 cm³/mol. The summed E-state index contributed by atoms with van der Waals surface area (Å²) >= 11 is 7.56. The standard InChI is InChI=1S/C25H28ClN5O4S/c26-19-5-6-20-23(17-19)36-25(27-20)30(11-10-28-12-14-35-15-13-28)24(32)18-4-7-21(22(16-18)31(33)34)29-8-2-1-3-9-29/h4-7,16-17H,1-3,8-15H2. The van der Waals surface area contributed by atoms with Crippen LogP contribution in [0.15, 0.2) is 36.4 Å². The number of hydrogen-bond acceptors (Lipinski definition) is 8. The lowest BCUT2D eigenvalue weighted by Crippen LogP contribution is -2.43. The number of amides is 1. The maximum atomic E-state index is 13.8. The Balaban J connectivity index is 1.46. The third kappa shape index (κ3) is 5.46. The van der Waals surface area contributed by atoms with E-state index >= 15 is 0 Å². The topological polar surface area (TPSA) is 92.0 Å². The molecule has 190 valence electrons. The third-order valence-electron chi connectivity index (χ3n) is 6.67. The van der Waals surface area contributed by atoms with Crippen molar-refractivity contribution in [2.75, 3.05) is 62.3 Å². The molecule has 0 spiro atoms. The van der Waals surface area contributed by atoms with Gasteiger partial charge in [-0.2, -0.15) is 0 Å². The van der Waals surface area contributed by atoms with Crippen molar-refractivity contribution >= 4 is 55.6 Å². The molecule has 11 heteroatoms. The molecule has 0 unspecified atom stereocenters. The van der Waals surface area contributed by atoms with E-state index in [1.54, 1.807) is 23.1 Å². The molecule has 2 saturated heterocycles. The summed E-state index contributed by atoms with van der Waals surface area (Å²) in [5, 5.41) is 13.1. The van der Waals surface area contributed by atoms with Gasteiger partial charge >= 0.3 is 0 Å². The molecule has 1 aromatic heterocycles. The highest BCUT2D eigenvalue weighted by Crippen LogP contribution is 2.34. The van der Waals surface area contributed by atoms with Crippen molar-refractivity contribution in [1.29, 1.82) is 0 Å². The van der Waals surface area contributed by atoms with Crippen LogP contribution in [0.4, 0.5) is 16.5 Å². The Bertz CT molecular complexity index is 1260. The summed E-state index contributed by atoms with van der Waals surface area (Å²) in [5.41, 5.74) is 1.58. The number of nitrogens with zero attached hydrogens (tertiary/aromatic N) is 5. The molecule has 5 rings (SSSR count). The van der Waals surface area contributed by atoms with E-state index in [4.69, 9.17) is 21.3 Å². The first-order chi connectivity index (χ1) is 17.5. The first kappa shape index (κ1) is 24.9. The van der Waals surface area contributed by atoms with Crippen LogP contribution < -0.4 is 9.80 Å². The van der Waals surface area contributed by atoms with E-state index < -0.39 is 4.92 Å². The molecule has 2 fully saturated rings. The Morgan fingerprint density at radius 1 is 1.11 bits per heavy atom. The van der Waals surface area contributed by atoms with Gasteiger partial charge in [-0.1, -0.05) is 22.9 Å². The fraction of sp³-hybridized carbons (Fsp3) is 0.440. The largest absolute Gasteiger partial charge is 0.379 e. The number of hydrogen-bond donors (Lipinski definition) is 0. The molecular formula is C25H28ClN5O4S. The van der Waals surface area contributed by atoms with Crippen LogP contribution in [0.3, 0.4) is 0 Å². The number of piperidine rings is 1. The Labute approximate surface area is 218 Å². The van der Waals surface area contributed by atoms with Gasteiger partial charge in [-0.25, -0.2) is 4.98 Å². The third-order valence-corrected chi connectivity index (χ3v) is 7.95. The van der Waals surface area contributed by atoms with Gasteiger partial charge < -0.3 is 9.64 Å². The van der Waals surface area contributed by atoms with Crippen molar-refractivity contribution < 1.29 is 14.5 Å². The van der Waals surface area contributed by atoms with E-state index in [0.717, 1.165) is 55.7 Å². The smallest absolute Gasteiger partial charge is 0.293 e. The van der Waals surface area contributed by atoms with Crippen LogP contribution in [0, 0.1) is 10.1 Å². The van der Waals surface area contributed by atoms with Gasteiger partial charge in [-0.15, -0.1) is 0 Å². The second-order valence-electron chi connectivity index (χ2n) is 9.03. The number of carbonyl (C=O) groups excluding carboxylic acids is 1. The Kier molecular flexibility index (Phi) is 7.66. The lowest BCUT2D eigenvalue weighted by Gasteiger charge is -2.30. The van der Waals surface area contributed by atoms with Crippen molar-refractivity contribution in [1.82, 2.24) is 9.88 Å². The zero-order valence-corrected chi connectivity index (χ0v) is 21.5. The second kappa shape index (κ2) is 11.1. The van der Waals surface area contributed by atoms with E-state index in [9.17, 15) is 14.9 Å². The van der Waals surface area contributed by atoms with Crippen molar-refractivity contribution in [2.45, 2.75) is 19.3 Å². The van der Waals surface area contributed by atoms with Crippen molar-refractivity contribution in [3.05, 3.63) is 57.1 Å². The molecule has 0 aliphatic carbocycles. The number of fused-ring (bicyclic) bond motifs is 1. The summed E-state index contributed by atoms with van der Waals surface area (Å²) < 4.78 is 6.33. The van der Waals surface area contributed by atoms with Crippen LogP contribution in [0.25, 0.3) is 10.2 Å². The van der Waals surface area contributed by atoms with Gasteiger partial charge in [0.05, 0.1) is 28.4 Å². The molecule has 9 nitrogen and oxygen atoms in total. The number of aromatic nitrogens is 1. The fourth-order valence-corrected chi connectivity index (χ4v) is 5.98. The highest BCUT2D eigenvalue weighted by Gasteiger charge is 2.27. The quantitative estimate of drug-likeness (QED) is 0.320. The van der Waals surface area contributed by atoms with Crippen LogP contribution in [-0.2, 0) is 4.74 Å². The number of rotatable bonds is 7. The molecule has 2 aliphatic heterocycles. The fourth-order valence-electron chi connectivity index (χ4n) is 4.71. The van der Waals surface area contributed by atoms with E-state index in [-0.39, 0.29) is 17.2 Å². The number of nitro benzene ring substituents is 1. The van der Waals surface area contributed by atoms with Gasteiger partial charge in [-0.3, -0.25) is 24.7 Å². The van der Waals surface area contributed by atoms with Gasteiger partial charge in [-0.05, 0) is 49.6 Å². The zero-order chi connectivity index (χ0) is 25.1. The molecule has 2 aliphatic rings. The van der Waals surface area contributed by atoms with Crippen molar-refractivity contribution in [2.24, 2.45) is 0 Å². The zero-order valence-electron chi connectivity index (χ0n) is 19.9. The highest BCUT2D eigenvalue weighted by molar-refractivity contribution is 7.22. The first-order valence-corrected chi connectivity index (χ1v) is 13.4. The van der Waals surface area contributed by atoms with Crippen LogP contribution in [-0.4, -0.2) is 73.2 Å². The summed E-state index contributed by atoms with van der Waals surface area (Å²) in [7, 11) is 0. The lowest BCUT2D eigenvalue weighted by atomic mass is 10.1. The molecule has 0 radical (unpaired) electrons. The van der Waals surface area contributed by atoms with Crippen LogP contribution in [0.1, 0.15) is 29.6 Å². The van der Waals surface area contributed by atoms with Gasteiger partial charge in [0.2, 0.25) is 0 Å². The number of carbonyl (C=O) groups is 1. The number of thiazole rings is 1. The second-order valence-corrected chi connectivity index (χ2v) is 10.5. The molecule has 0 N–H and O–H groups in total. The van der Waals surface area contributed by atoms with E-state index in [2.05, 4.69) is 4.90 Å². The maximum absolute atomic E-state index is 13.8. The summed E-state index contributed by atoms with van der Waals surface area (Å²) in [4.78, 5) is 36.0. The van der Waals surface area contributed by atoms with Crippen LogP contribution in [0.5, 0.6) is 0 Å². The summed E-state index contributed by atoms with van der Waals surface area (Å²) in [6.45, 7) is 5.56. The van der Waals surface area contributed by atoms with Gasteiger partial charge in [0.25, 0.3) is 11.6 Å². The van der Waals surface area contributed by atoms with E-state index in [1.165, 1.54) is 17.4 Å². The average molecular weight is 530 g/mol. The summed E-state index contributed by atoms with van der Waals surface area (Å²) in [5.74, 6) is -0.304. The van der Waals surface area contributed by atoms with E-state index in [1.807, 2.05) is 17.0 Å². The average Bonchev–Trinajstić information content (AvgIpc) is 3.32. The molecule has 1 amide bonds. The molecule has 0 saturated carbocycles. The Morgan fingerprint density at radius 3 is 2.64 bits per heavy atom. The number of nitro groups is 1. The molecular weight excluding hydrogens is 502 g/mol. The number of morpholine rings is 1. The molecule has 3 heterocycles. The first-order valence-electron chi connectivity index (χ1n) is 12.2. The molecule has 0 atom stereocenters. The van der Waals surface area contributed by atoms with Crippen LogP contribution >= 0.6 is 22.9 Å². The van der Waals surface area contributed by atoms with E-state index in [0.29, 0.717) is 42.1 Å². The molecule has 36 heavy (non-hydrogen) atoms. The van der Waals surface area contributed by atoms with Gasteiger partial charge in [0.15, 0.2) is 5.13 Å². The Morgan fingerprint density at radius 2 is 1.89 bits per heavy atom. The minimum Gasteiger partial charge on any atom is -0.379 e. The van der Waals surface area contributed by atoms with Crippen LogP contribution in [0.2, 0.25) is 5.02 Å². The highest BCUT2D eigenvalue weighted by atomic mass is 35.5. The number of ether oxygens (including phenoxy) is 1. The monoisotopic (exact) mass is 529 g/mol. The molecule has 0 bridgehead atoms. The van der Waals surface area contributed by atoms with Gasteiger partial charge in [0.1, 0.15) is 5.69 Å². The number of halogens is 1. The lowest BCUT2D eigenvalue weighted by molar-refractivity contribution is -0.384. The number of benzene rings is 2. The maximum Gasteiger partial charge on any atom is 0.293 e. The summed E-state index contributed by atoms with van der Waals surface area (Å²) in [6, 6.07) is 10.3. The molecule has 3 aromatic rings. The van der Waals surface area contributed by atoms with Gasteiger partial charge in [0, 0.05) is 55.9 Å². The normalized spacial score (nSPS) is 16.9. The van der Waals surface area contributed by atoms with Crippen molar-refractivity contribution in [3.8, 4) is 0 Å². The minimum atomic E-state index is -0.390. The SMILES string of the molecule is O=C(c1ccc(N2CCCCC2)c([N+](=O)[O-])c1)N(CCN1CCOCC1)c1nc2ccc(Cl)cc2s1. The summed E-state index contributed by atoms with van der Waals surface area (Å²) in [6.07, 6.45) is 3.15. The minimum absolute atomic E-state index is 0.0352. The van der Waals surface area contributed by atoms with Crippen molar-refractivity contribution in [3.63, 3.8) is 0 Å². The Hall–Kier alpha value is -2.79. The predicted octanol–water partition coefficient (Wildman–Crippen LogP) is 4.83.